The molecule has 1 rings (SSSR count). The average molecular weight is 150 g/mol. The first-order valence-corrected chi connectivity index (χ1v) is 3.13. The van der Waals surface area contributed by atoms with E-state index in [4.69, 9.17) is 5.73 Å². The highest BCUT2D eigenvalue weighted by molar-refractivity contribution is 5.27. The Bertz CT molecular complexity index is 281. The Morgan fingerprint density at radius 3 is 2.91 bits per heavy atom. The number of hydrogen-bond donors (Lipinski definition) is 1. The van der Waals surface area contributed by atoms with E-state index in [-0.39, 0.29) is 5.82 Å². The lowest BCUT2D eigenvalue weighted by Crippen LogP contribution is -1.93. The van der Waals surface area contributed by atoms with Crippen LogP contribution in [0.15, 0.2) is 18.3 Å². The van der Waals surface area contributed by atoms with Crippen LogP contribution in [0.2, 0.25) is 0 Å². The normalized spacial score (nSPS) is 8.55. The van der Waals surface area contributed by atoms with Crippen molar-refractivity contribution in [1.82, 2.24) is 4.98 Å². The summed E-state index contributed by atoms with van der Waals surface area (Å²) in [5.74, 6) is 4.94. The molecule has 0 fully saturated rings. The molecule has 56 valence electrons. The molecule has 2 nitrogen and oxygen atoms in total. The molecule has 0 aliphatic carbocycles. The molecule has 0 saturated heterocycles. The van der Waals surface area contributed by atoms with Gasteiger partial charge in [0.15, 0.2) is 0 Å². The van der Waals surface area contributed by atoms with E-state index >= 15 is 0 Å². The third-order valence-corrected chi connectivity index (χ3v) is 1.05. The van der Waals surface area contributed by atoms with E-state index in [1.165, 1.54) is 12.1 Å². The van der Waals surface area contributed by atoms with Crippen LogP contribution < -0.4 is 5.73 Å². The highest BCUT2D eigenvalue weighted by Gasteiger charge is 1.88. The Kier molecular flexibility index (Phi) is 2.59. The summed E-state index contributed by atoms with van der Waals surface area (Å²) in [6.07, 6.45) is 1.13. The van der Waals surface area contributed by atoms with E-state index in [2.05, 4.69) is 16.8 Å². The Morgan fingerprint density at radius 2 is 2.36 bits per heavy atom. The Hall–Kier alpha value is -1.40. The van der Waals surface area contributed by atoms with E-state index in [9.17, 15) is 4.39 Å². The van der Waals surface area contributed by atoms with Crippen LogP contribution in [-0.4, -0.2) is 11.5 Å². The number of aromatic nitrogens is 1. The summed E-state index contributed by atoms with van der Waals surface area (Å²) >= 11 is 0. The molecule has 0 aliphatic rings. The Morgan fingerprint density at radius 1 is 1.55 bits per heavy atom. The van der Waals surface area contributed by atoms with Gasteiger partial charge >= 0.3 is 0 Å². The van der Waals surface area contributed by atoms with Crippen LogP contribution >= 0.6 is 0 Å². The first-order valence-electron chi connectivity index (χ1n) is 3.13. The van der Waals surface area contributed by atoms with E-state index in [1.54, 1.807) is 0 Å². The standard InChI is InChI=1S/C8H7FN2/c9-7-3-4-8(11-6-7)2-1-5-10/h3-4,6H,5,10H2. The maximum atomic E-state index is 12.3. The minimum absolute atomic E-state index is 0.291. The van der Waals surface area contributed by atoms with Gasteiger partial charge in [-0.2, -0.15) is 0 Å². The van der Waals surface area contributed by atoms with Gasteiger partial charge < -0.3 is 5.73 Å². The van der Waals surface area contributed by atoms with Crippen LogP contribution in [0.1, 0.15) is 5.69 Å². The Labute approximate surface area is 64.3 Å². The van der Waals surface area contributed by atoms with Crippen LogP contribution in [-0.2, 0) is 0 Å². The Balaban J connectivity index is 2.82. The largest absolute Gasteiger partial charge is 0.320 e. The molecule has 1 heterocycles. The fourth-order valence-corrected chi connectivity index (χ4v) is 0.591. The third kappa shape index (κ3) is 2.36. The fraction of sp³-hybridized carbons (Fsp3) is 0.125. The maximum Gasteiger partial charge on any atom is 0.141 e. The smallest absolute Gasteiger partial charge is 0.141 e. The van der Waals surface area contributed by atoms with Gasteiger partial charge in [-0.1, -0.05) is 5.92 Å². The van der Waals surface area contributed by atoms with Crippen molar-refractivity contribution in [2.75, 3.05) is 6.54 Å². The van der Waals surface area contributed by atoms with Crippen molar-refractivity contribution in [2.45, 2.75) is 0 Å². The molecule has 11 heavy (non-hydrogen) atoms. The van der Waals surface area contributed by atoms with Crippen LogP contribution in [0.4, 0.5) is 4.39 Å². The SMILES string of the molecule is NCC#Cc1ccc(F)cn1. The second-order valence-corrected chi connectivity index (χ2v) is 1.87. The number of nitrogens with two attached hydrogens (primary N) is 1. The molecule has 0 spiro atoms. The predicted octanol–water partition coefficient (Wildman–Crippen LogP) is 0.531. The lowest BCUT2D eigenvalue weighted by Gasteiger charge is -1.87. The minimum atomic E-state index is -0.358. The van der Waals surface area contributed by atoms with Crippen molar-refractivity contribution in [3.05, 3.63) is 29.8 Å². The van der Waals surface area contributed by atoms with Gasteiger partial charge in [0, 0.05) is 0 Å². The highest BCUT2D eigenvalue weighted by atomic mass is 19.1. The number of hydrogen-bond acceptors (Lipinski definition) is 2. The van der Waals surface area contributed by atoms with Gasteiger partial charge in [0.25, 0.3) is 0 Å². The molecular formula is C8H7FN2. The molecule has 1 aromatic rings. The fourth-order valence-electron chi connectivity index (χ4n) is 0.591. The zero-order valence-corrected chi connectivity index (χ0v) is 5.84. The van der Waals surface area contributed by atoms with Crippen molar-refractivity contribution >= 4 is 0 Å². The zero-order chi connectivity index (χ0) is 8.10. The molecule has 2 N–H and O–H groups in total. The molecule has 0 bridgehead atoms. The third-order valence-electron chi connectivity index (χ3n) is 1.05. The molecule has 0 unspecified atom stereocenters. The molecule has 0 radical (unpaired) electrons. The van der Waals surface area contributed by atoms with Gasteiger partial charge in [-0.15, -0.1) is 0 Å². The minimum Gasteiger partial charge on any atom is -0.320 e. The summed E-state index contributed by atoms with van der Waals surface area (Å²) in [5.41, 5.74) is 5.67. The van der Waals surface area contributed by atoms with Gasteiger partial charge in [0.2, 0.25) is 0 Å². The number of nitrogens with zero attached hydrogens (tertiary/aromatic N) is 1. The van der Waals surface area contributed by atoms with Crippen molar-refractivity contribution in [1.29, 1.82) is 0 Å². The zero-order valence-electron chi connectivity index (χ0n) is 5.84. The lowest BCUT2D eigenvalue weighted by molar-refractivity contribution is 0.621. The van der Waals surface area contributed by atoms with E-state index in [0.29, 0.717) is 12.2 Å². The maximum absolute atomic E-state index is 12.3. The van der Waals surface area contributed by atoms with Crippen LogP contribution in [0.25, 0.3) is 0 Å². The van der Waals surface area contributed by atoms with E-state index < -0.39 is 0 Å². The second-order valence-electron chi connectivity index (χ2n) is 1.87. The topological polar surface area (TPSA) is 38.9 Å². The summed E-state index contributed by atoms with van der Waals surface area (Å²) in [6.45, 7) is 0.291. The number of rotatable bonds is 0. The first-order chi connectivity index (χ1) is 5.33. The van der Waals surface area contributed by atoms with Crippen molar-refractivity contribution in [2.24, 2.45) is 5.73 Å². The monoisotopic (exact) mass is 150 g/mol. The molecule has 3 heteroatoms. The summed E-state index contributed by atoms with van der Waals surface area (Å²) in [5, 5.41) is 0. The molecule has 0 aliphatic heterocycles. The molecule has 0 aromatic carbocycles. The summed E-state index contributed by atoms with van der Waals surface area (Å²) in [6, 6.07) is 2.82. The molecular weight excluding hydrogens is 143 g/mol. The summed E-state index contributed by atoms with van der Waals surface area (Å²) in [7, 11) is 0. The second kappa shape index (κ2) is 3.69. The molecule has 0 amide bonds. The number of halogens is 1. The van der Waals surface area contributed by atoms with E-state index in [1.807, 2.05) is 0 Å². The highest BCUT2D eigenvalue weighted by Crippen LogP contribution is 1.95. The summed E-state index contributed by atoms with van der Waals surface area (Å²) < 4.78 is 12.3. The van der Waals surface area contributed by atoms with Gasteiger partial charge in [-0.25, -0.2) is 9.37 Å². The lowest BCUT2D eigenvalue weighted by atomic mass is 10.3. The van der Waals surface area contributed by atoms with Gasteiger partial charge in [0.05, 0.1) is 12.7 Å². The van der Waals surface area contributed by atoms with Crippen molar-refractivity contribution < 1.29 is 4.39 Å². The van der Waals surface area contributed by atoms with Gasteiger partial charge in [0.1, 0.15) is 11.5 Å². The van der Waals surface area contributed by atoms with Crippen LogP contribution in [0, 0.1) is 17.7 Å². The average Bonchev–Trinajstić information content (AvgIpc) is 2.04. The van der Waals surface area contributed by atoms with Crippen LogP contribution in [0.5, 0.6) is 0 Å². The molecule has 0 saturated carbocycles. The predicted molar refractivity (Wildman–Crippen MR) is 40.1 cm³/mol. The first kappa shape index (κ1) is 7.70. The van der Waals surface area contributed by atoms with Crippen molar-refractivity contribution in [3.63, 3.8) is 0 Å². The molecule has 0 atom stereocenters. The van der Waals surface area contributed by atoms with Gasteiger partial charge in [-0.05, 0) is 18.1 Å². The van der Waals surface area contributed by atoms with Gasteiger partial charge in [-0.3, -0.25) is 0 Å². The van der Waals surface area contributed by atoms with Crippen LogP contribution in [0.3, 0.4) is 0 Å². The van der Waals surface area contributed by atoms with Crippen molar-refractivity contribution in [3.8, 4) is 11.8 Å². The van der Waals surface area contributed by atoms with E-state index in [0.717, 1.165) is 6.20 Å². The summed E-state index contributed by atoms with van der Waals surface area (Å²) in [4.78, 5) is 3.71. The number of pyridine rings is 1. The molecule has 1 aromatic heterocycles. The quantitative estimate of drug-likeness (QED) is 0.548.